The van der Waals surface area contributed by atoms with Crippen molar-refractivity contribution in [2.24, 2.45) is 5.92 Å². The molecule has 0 radical (unpaired) electrons. The van der Waals surface area contributed by atoms with Gasteiger partial charge in [-0.05, 0) is 51.9 Å². The van der Waals surface area contributed by atoms with Gasteiger partial charge in [-0.2, -0.15) is 0 Å². The highest BCUT2D eigenvalue weighted by atomic mass is 35.5. The fourth-order valence-corrected chi connectivity index (χ4v) is 4.22. The van der Waals surface area contributed by atoms with Crippen LogP contribution in [0.5, 0.6) is 5.75 Å². The highest BCUT2D eigenvalue weighted by molar-refractivity contribution is 5.86. The van der Waals surface area contributed by atoms with Crippen molar-refractivity contribution >= 4 is 24.2 Å². The van der Waals surface area contributed by atoms with E-state index in [0.29, 0.717) is 24.0 Å². The Balaban J connectivity index is 0.00000480. The molecule has 31 heavy (non-hydrogen) atoms. The number of unbranched alkanes of at least 4 members (excludes halogenated alkanes) is 5. The summed E-state index contributed by atoms with van der Waals surface area (Å²) in [7, 11) is 4.17. The van der Waals surface area contributed by atoms with Crippen LogP contribution in [0.1, 0.15) is 77.6 Å². The molecule has 1 aliphatic rings. The molecule has 2 rings (SSSR count). The average Bonchev–Trinajstić information content (AvgIpc) is 2.93. The fourth-order valence-electron chi connectivity index (χ4n) is 4.22. The first-order chi connectivity index (χ1) is 14.6. The number of carbonyl (C=O) groups is 1. The Kier molecular flexibility index (Phi) is 14.4. The Hall–Kier alpha value is -1.46. The maximum absolute atomic E-state index is 12.7. The SMILES string of the molecule is CCCCCCCCOc1ccccc1NC(=O)O[C@H]1CCCCC[C@@H]1CN(C)C.Cl. The summed E-state index contributed by atoms with van der Waals surface area (Å²) < 4.78 is 11.8. The molecule has 6 heteroatoms. The maximum Gasteiger partial charge on any atom is 0.412 e. The van der Waals surface area contributed by atoms with Crippen LogP contribution in [0.2, 0.25) is 0 Å². The molecule has 1 fully saturated rings. The molecule has 1 aliphatic carbocycles. The summed E-state index contributed by atoms with van der Waals surface area (Å²) in [6.07, 6.45) is 12.6. The lowest BCUT2D eigenvalue weighted by atomic mass is 9.97. The topological polar surface area (TPSA) is 50.8 Å². The molecule has 0 spiro atoms. The second kappa shape index (κ2) is 16.2. The van der Waals surface area contributed by atoms with E-state index in [1.165, 1.54) is 44.9 Å². The summed E-state index contributed by atoms with van der Waals surface area (Å²) in [6, 6.07) is 7.63. The third-order valence-electron chi connectivity index (χ3n) is 5.83. The largest absolute Gasteiger partial charge is 0.491 e. The molecule has 0 aromatic heterocycles. The molecule has 1 aromatic rings. The van der Waals surface area contributed by atoms with Gasteiger partial charge >= 0.3 is 6.09 Å². The van der Waals surface area contributed by atoms with E-state index in [1.807, 2.05) is 24.3 Å². The zero-order chi connectivity index (χ0) is 21.6. The fraction of sp³-hybridized carbons (Fsp3) is 0.720. The van der Waals surface area contributed by atoms with Gasteiger partial charge < -0.3 is 14.4 Å². The van der Waals surface area contributed by atoms with Gasteiger partial charge in [-0.3, -0.25) is 5.32 Å². The number of ether oxygens (including phenoxy) is 2. The maximum atomic E-state index is 12.7. The van der Waals surface area contributed by atoms with Crippen LogP contribution in [0.15, 0.2) is 24.3 Å². The highest BCUT2D eigenvalue weighted by Crippen LogP contribution is 2.28. The van der Waals surface area contributed by atoms with Gasteiger partial charge in [0.2, 0.25) is 0 Å². The first-order valence-electron chi connectivity index (χ1n) is 11.9. The Bertz CT molecular complexity index is 612. The number of rotatable bonds is 12. The van der Waals surface area contributed by atoms with Gasteiger partial charge in [0.15, 0.2) is 0 Å². The molecule has 5 nitrogen and oxygen atoms in total. The smallest absolute Gasteiger partial charge is 0.412 e. The first-order valence-corrected chi connectivity index (χ1v) is 11.9. The minimum atomic E-state index is -0.374. The second-order valence-electron chi connectivity index (χ2n) is 8.84. The molecule has 1 saturated carbocycles. The number of nitrogens with zero attached hydrogens (tertiary/aromatic N) is 1. The number of para-hydroxylation sites is 2. The van der Waals surface area contributed by atoms with Crippen LogP contribution < -0.4 is 10.1 Å². The van der Waals surface area contributed by atoms with Gasteiger partial charge in [-0.1, -0.05) is 64.0 Å². The number of amides is 1. The molecule has 1 N–H and O–H groups in total. The number of nitrogens with one attached hydrogen (secondary N) is 1. The molecule has 1 aromatic carbocycles. The summed E-state index contributed by atoms with van der Waals surface area (Å²) in [5.41, 5.74) is 0.686. The van der Waals surface area contributed by atoms with Gasteiger partial charge in [0, 0.05) is 12.5 Å². The Morgan fingerprint density at radius 1 is 1.03 bits per heavy atom. The molecule has 0 aliphatic heterocycles. The second-order valence-corrected chi connectivity index (χ2v) is 8.84. The van der Waals surface area contributed by atoms with E-state index < -0.39 is 0 Å². The number of carbonyl (C=O) groups excluding carboxylic acids is 1. The molecular formula is C25H43ClN2O3. The number of hydrogen-bond donors (Lipinski definition) is 1. The molecule has 0 unspecified atom stereocenters. The standard InChI is InChI=1S/C25H42N2O3.ClH/c1-4-5-6-7-8-14-19-29-24-18-13-12-16-22(24)26-25(28)30-23-17-11-9-10-15-21(23)20-27(2)3;/h12-13,16,18,21,23H,4-11,14-15,17,19-20H2,1-3H3,(H,26,28);1H/t21-,23+;/m1./s1. The first kappa shape index (κ1) is 27.6. The van der Waals surface area contributed by atoms with Crippen molar-refractivity contribution in [2.45, 2.75) is 83.7 Å². The van der Waals surface area contributed by atoms with Crippen LogP contribution >= 0.6 is 12.4 Å². The molecule has 1 amide bonds. The lowest BCUT2D eigenvalue weighted by Crippen LogP contribution is -2.34. The molecule has 0 saturated heterocycles. The van der Waals surface area contributed by atoms with Crippen molar-refractivity contribution in [3.8, 4) is 5.75 Å². The van der Waals surface area contributed by atoms with Gasteiger partial charge in [-0.15, -0.1) is 12.4 Å². The predicted molar refractivity (Wildman–Crippen MR) is 132 cm³/mol. The van der Waals surface area contributed by atoms with Gasteiger partial charge in [0.1, 0.15) is 11.9 Å². The predicted octanol–water partition coefficient (Wildman–Crippen LogP) is 6.91. The van der Waals surface area contributed by atoms with Crippen LogP contribution in [0.4, 0.5) is 10.5 Å². The van der Waals surface area contributed by atoms with Crippen molar-refractivity contribution < 1.29 is 14.3 Å². The number of halogens is 1. The molecule has 0 bridgehead atoms. The molecular weight excluding hydrogens is 412 g/mol. The van der Waals surface area contributed by atoms with Crippen LogP contribution in [-0.4, -0.2) is 44.3 Å². The Morgan fingerprint density at radius 3 is 2.52 bits per heavy atom. The van der Waals surface area contributed by atoms with Crippen molar-refractivity contribution in [1.82, 2.24) is 4.90 Å². The van der Waals surface area contributed by atoms with E-state index in [0.717, 1.165) is 32.2 Å². The van der Waals surface area contributed by atoms with Crippen molar-refractivity contribution in [3.63, 3.8) is 0 Å². The lowest BCUT2D eigenvalue weighted by molar-refractivity contribution is 0.0569. The van der Waals surface area contributed by atoms with E-state index in [-0.39, 0.29) is 24.6 Å². The molecule has 0 heterocycles. The number of hydrogen-bond acceptors (Lipinski definition) is 4. The number of benzene rings is 1. The van der Waals surface area contributed by atoms with Crippen molar-refractivity contribution in [1.29, 1.82) is 0 Å². The van der Waals surface area contributed by atoms with Gasteiger partial charge in [-0.25, -0.2) is 4.79 Å². The summed E-state index contributed by atoms with van der Waals surface area (Å²) in [5, 5.41) is 2.92. The van der Waals surface area contributed by atoms with E-state index in [9.17, 15) is 4.79 Å². The van der Waals surface area contributed by atoms with Crippen LogP contribution in [0.25, 0.3) is 0 Å². The average molecular weight is 455 g/mol. The minimum absolute atomic E-state index is 0. The summed E-state index contributed by atoms with van der Waals surface area (Å²) in [6.45, 7) is 3.86. The van der Waals surface area contributed by atoms with Crippen LogP contribution in [0, 0.1) is 5.92 Å². The third-order valence-corrected chi connectivity index (χ3v) is 5.83. The van der Waals surface area contributed by atoms with Gasteiger partial charge in [0.05, 0.1) is 12.3 Å². The van der Waals surface area contributed by atoms with Crippen LogP contribution in [0.3, 0.4) is 0 Å². The van der Waals surface area contributed by atoms with Crippen molar-refractivity contribution in [2.75, 3.05) is 32.6 Å². The normalized spacial score (nSPS) is 18.7. The van der Waals surface area contributed by atoms with Crippen LogP contribution in [-0.2, 0) is 4.74 Å². The number of anilines is 1. The van der Waals surface area contributed by atoms with Crippen molar-refractivity contribution in [3.05, 3.63) is 24.3 Å². The Morgan fingerprint density at radius 2 is 1.74 bits per heavy atom. The summed E-state index contributed by atoms with van der Waals surface area (Å²) >= 11 is 0. The van der Waals surface area contributed by atoms with E-state index in [2.05, 4.69) is 31.2 Å². The van der Waals surface area contributed by atoms with Gasteiger partial charge in [0.25, 0.3) is 0 Å². The third kappa shape index (κ3) is 11.1. The quantitative estimate of drug-likeness (QED) is 0.275. The highest BCUT2D eigenvalue weighted by Gasteiger charge is 2.27. The van der Waals surface area contributed by atoms with E-state index in [1.54, 1.807) is 0 Å². The van der Waals surface area contributed by atoms with E-state index >= 15 is 0 Å². The lowest BCUT2D eigenvalue weighted by Gasteiger charge is -2.27. The molecule has 178 valence electrons. The zero-order valence-electron chi connectivity index (χ0n) is 19.7. The Labute approximate surface area is 195 Å². The minimum Gasteiger partial charge on any atom is -0.491 e. The monoisotopic (exact) mass is 454 g/mol. The zero-order valence-corrected chi connectivity index (χ0v) is 20.6. The summed E-state index contributed by atoms with van der Waals surface area (Å²) in [4.78, 5) is 14.8. The van der Waals surface area contributed by atoms with E-state index in [4.69, 9.17) is 9.47 Å². The summed E-state index contributed by atoms with van der Waals surface area (Å²) in [5.74, 6) is 1.11. The molecule has 2 atom stereocenters.